The highest BCUT2D eigenvalue weighted by molar-refractivity contribution is 7.92. The lowest BCUT2D eigenvalue weighted by Gasteiger charge is -2.23. The Balaban J connectivity index is 1.73. The zero-order valence-corrected chi connectivity index (χ0v) is 20.2. The first-order valence-electron chi connectivity index (χ1n) is 10.2. The molecule has 0 unspecified atom stereocenters. The number of carbonyl (C=O) groups is 2. The van der Waals surface area contributed by atoms with Crippen molar-refractivity contribution in [2.75, 3.05) is 24.6 Å². The van der Waals surface area contributed by atoms with Gasteiger partial charge >= 0.3 is 5.97 Å². The molecule has 0 aliphatic rings. The molecule has 0 radical (unpaired) electrons. The zero-order chi connectivity index (χ0) is 25.3. The summed E-state index contributed by atoms with van der Waals surface area (Å²) in [7, 11) is -2.80. The lowest BCUT2D eigenvalue weighted by atomic mass is 10.2. The summed E-state index contributed by atoms with van der Waals surface area (Å²) in [6.07, 6.45) is 1.36. The minimum absolute atomic E-state index is 0.0278. The van der Waals surface area contributed by atoms with E-state index in [1.165, 1.54) is 31.5 Å². The monoisotopic (exact) mass is 515 g/mol. The third-order valence-corrected chi connectivity index (χ3v) is 6.58. The van der Waals surface area contributed by atoms with Crippen molar-refractivity contribution < 1.29 is 27.5 Å². The van der Waals surface area contributed by atoms with E-state index in [1.54, 1.807) is 60.7 Å². The highest BCUT2D eigenvalue weighted by atomic mass is 35.5. The molecule has 0 aliphatic heterocycles. The van der Waals surface area contributed by atoms with Gasteiger partial charge in [0.05, 0.1) is 23.9 Å². The average molecular weight is 516 g/mol. The Morgan fingerprint density at radius 2 is 1.77 bits per heavy atom. The van der Waals surface area contributed by atoms with Crippen molar-refractivity contribution >= 4 is 45.4 Å². The molecule has 11 heteroatoms. The van der Waals surface area contributed by atoms with E-state index in [2.05, 4.69) is 15.3 Å². The van der Waals surface area contributed by atoms with E-state index in [-0.39, 0.29) is 17.2 Å². The Labute approximate surface area is 208 Å². The highest BCUT2D eigenvalue weighted by Gasteiger charge is 2.27. The van der Waals surface area contributed by atoms with Gasteiger partial charge in [-0.05, 0) is 48.0 Å². The maximum Gasteiger partial charge on any atom is 0.343 e. The minimum Gasteiger partial charge on any atom is -0.482 e. The number of nitrogens with one attached hydrogen (secondary N) is 1. The summed E-state index contributed by atoms with van der Waals surface area (Å²) in [6.45, 7) is -0.778. The number of sulfonamides is 1. The van der Waals surface area contributed by atoms with Crippen molar-refractivity contribution in [3.63, 3.8) is 0 Å². The molecular formula is C24H22ClN3O6S. The number of hydrazone groups is 1. The van der Waals surface area contributed by atoms with Crippen molar-refractivity contribution in [1.29, 1.82) is 0 Å². The molecule has 3 rings (SSSR count). The van der Waals surface area contributed by atoms with Crippen LogP contribution in [0.5, 0.6) is 5.75 Å². The van der Waals surface area contributed by atoms with Crippen molar-refractivity contribution in [2.24, 2.45) is 5.10 Å². The van der Waals surface area contributed by atoms with Gasteiger partial charge in [0.1, 0.15) is 12.3 Å². The first-order chi connectivity index (χ1) is 16.8. The van der Waals surface area contributed by atoms with Gasteiger partial charge < -0.3 is 9.47 Å². The summed E-state index contributed by atoms with van der Waals surface area (Å²) in [6, 6.07) is 20.6. The Bertz CT molecular complexity index is 1320. The molecule has 1 N–H and O–H groups in total. The topological polar surface area (TPSA) is 114 Å². The second-order valence-corrected chi connectivity index (χ2v) is 9.33. The van der Waals surface area contributed by atoms with Gasteiger partial charge in [-0.25, -0.2) is 18.6 Å². The first kappa shape index (κ1) is 25.7. The van der Waals surface area contributed by atoms with E-state index < -0.39 is 28.4 Å². The Morgan fingerprint density at radius 3 is 2.49 bits per heavy atom. The van der Waals surface area contributed by atoms with Crippen molar-refractivity contribution in [1.82, 2.24) is 5.43 Å². The van der Waals surface area contributed by atoms with Crippen molar-refractivity contribution in [2.45, 2.75) is 4.90 Å². The van der Waals surface area contributed by atoms with Gasteiger partial charge in [0.15, 0.2) is 6.61 Å². The average Bonchev–Trinajstić information content (AvgIpc) is 2.86. The fraction of sp³-hybridized carbons (Fsp3) is 0.125. The number of halogens is 1. The van der Waals surface area contributed by atoms with Crippen LogP contribution >= 0.6 is 11.6 Å². The van der Waals surface area contributed by atoms with Gasteiger partial charge in [-0.3, -0.25) is 9.10 Å². The first-order valence-corrected chi connectivity index (χ1v) is 12.1. The van der Waals surface area contributed by atoms with Crippen LogP contribution in [-0.4, -0.2) is 46.8 Å². The molecule has 3 aromatic rings. The number of carbonyl (C=O) groups excluding carboxylic acids is 2. The summed E-state index contributed by atoms with van der Waals surface area (Å²) >= 11 is 6.05. The van der Waals surface area contributed by atoms with E-state index in [4.69, 9.17) is 16.3 Å². The number of anilines is 1. The Kier molecular flexibility index (Phi) is 8.82. The van der Waals surface area contributed by atoms with E-state index >= 15 is 0 Å². The summed E-state index contributed by atoms with van der Waals surface area (Å²) in [5, 5.41) is 4.22. The standard InChI is InChI=1S/C24H22ClN3O6S/c1-33-24(30)17-34-21-10-5-7-18(13-21)15-26-27-23(29)16-28(20-9-6-8-19(25)14-20)35(31,32)22-11-3-2-4-12-22/h2-15H,16-17H2,1H3,(H,27,29)/b26-15-. The van der Waals surface area contributed by atoms with Crippen LogP contribution in [0, 0.1) is 0 Å². The number of rotatable bonds is 10. The lowest BCUT2D eigenvalue weighted by Crippen LogP contribution is -2.39. The molecule has 35 heavy (non-hydrogen) atoms. The van der Waals surface area contributed by atoms with Crippen LogP contribution < -0.4 is 14.5 Å². The number of nitrogens with zero attached hydrogens (tertiary/aromatic N) is 2. The molecule has 182 valence electrons. The maximum absolute atomic E-state index is 13.3. The maximum atomic E-state index is 13.3. The molecule has 9 nitrogen and oxygen atoms in total. The Hall–Kier alpha value is -3.89. The number of esters is 1. The predicted molar refractivity (Wildman–Crippen MR) is 132 cm³/mol. The molecule has 0 saturated heterocycles. The smallest absolute Gasteiger partial charge is 0.343 e. The summed E-state index contributed by atoms with van der Waals surface area (Å²) in [5.74, 6) is -0.781. The third-order valence-electron chi connectivity index (χ3n) is 4.56. The second kappa shape index (κ2) is 12.0. The molecular weight excluding hydrogens is 494 g/mol. The third kappa shape index (κ3) is 7.29. The zero-order valence-electron chi connectivity index (χ0n) is 18.6. The SMILES string of the molecule is COC(=O)COc1cccc(/C=N\NC(=O)CN(c2cccc(Cl)c2)S(=O)(=O)c2ccccc2)c1. The van der Waals surface area contributed by atoms with Crippen LogP contribution in [0.1, 0.15) is 5.56 Å². The van der Waals surface area contributed by atoms with Gasteiger partial charge in [0, 0.05) is 5.02 Å². The molecule has 0 spiro atoms. The largest absolute Gasteiger partial charge is 0.482 e. The van der Waals surface area contributed by atoms with E-state index in [0.717, 1.165) is 4.31 Å². The fourth-order valence-electron chi connectivity index (χ4n) is 2.90. The molecule has 0 aromatic heterocycles. The number of methoxy groups -OCH3 is 1. The van der Waals surface area contributed by atoms with Gasteiger partial charge in [0.25, 0.3) is 15.9 Å². The van der Waals surface area contributed by atoms with Gasteiger partial charge in [0.2, 0.25) is 0 Å². The van der Waals surface area contributed by atoms with Crippen LogP contribution in [-0.2, 0) is 24.3 Å². The highest BCUT2D eigenvalue weighted by Crippen LogP contribution is 2.25. The normalized spacial score (nSPS) is 11.1. The van der Waals surface area contributed by atoms with E-state index in [9.17, 15) is 18.0 Å². The van der Waals surface area contributed by atoms with Crippen molar-refractivity contribution in [3.05, 3.63) is 89.4 Å². The number of benzene rings is 3. The van der Waals surface area contributed by atoms with Crippen LogP contribution in [0.3, 0.4) is 0 Å². The second-order valence-electron chi connectivity index (χ2n) is 7.04. The van der Waals surface area contributed by atoms with Crippen LogP contribution in [0.15, 0.2) is 88.9 Å². The van der Waals surface area contributed by atoms with E-state index in [1.807, 2.05) is 0 Å². The summed E-state index contributed by atoms with van der Waals surface area (Å²) in [4.78, 5) is 23.9. The van der Waals surface area contributed by atoms with Crippen molar-refractivity contribution in [3.8, 4) is 5.75 Å². The fourth-order valence-corrected chi connectivity index (χ4v) is 4.51. The lowest BCUT2D eigenvalue weighted by molar-refractivity contribution is -0.142. The summed E-state index contributed by atoms with van der Waals surface area (Å²) in [5.41, 5.74) is 3.14. The van der Waals surface area contributed by atoms with Gasteiger partial charge in [-0.15, -0.1) is 0 Å². The van der Waals surface area contributed by atoms with E-state index in [0.29, 0.717) is 16.3 Å². The van der Waals surface area contributed by atoms with Crippen LogP contribution in [0.2, 0.25) is 5.02 Å². The molecule has 0 fully saturated rings. The molecule has 0 bridgehead atoms. The molecule has 0 atom stereocenters. The number of hydrogen-bond acceptors (Lipinski definition) is 7. The molecule has 0 saturated carbocycles. The quantitative estimate of drug-likeness (QED) is 0.252. The Morgan fingerprint density at radius 1 is 1.03 bits per heavy atom. The number of amides is 1. The number of ether oxygens (including phenoxy) is 2. The minimum atomic E-state index is -4.06. The van der Waals surface area contributed by atoms with Gasteiger partial charge in [-0.1, -0.05) is 48.0 Å². The summed E-state index contributed by atoms with van der Waals surface area (Å²) < 4.78 is 37.3. The molecule has 3 aromatic carbocycles. The molecule has 0 heterocycles. The van der Waals surface area contributed by atoms with Gasteiger partial charge in [-0.2, -0.15) is 5.10 Å². The molecule has 0 aliphatic carbocycles. The molecule has 1 amide bonds. The van der Waals surface area contributed by atoms with Crippen LogP contribution in [0.25, 0.3) is 0 Å². The van der Waals surface area contributed by atoms with Crippen LogP contribution in [0.4, 0.5) is 5.69 Å². The number of hydrogen-bond donors (Lipinski definition) is 1. The predicted octanol–water partition coefficient (Wildman–Crippen LogP) is 3.24.